The number of carbonyl (C=O) groups is 1. The normalized spacial score (nSPS) is 18.8. The van der Waals surface area contributed by atoms with Crippen LogP contribution in [0.5, 0.6) is 0 Å². The second-order valence-electron chi connectivity index (χ2n) is 6.73. The zero-order valence-corrected chi connectivity index (χ0v) is 16.0. The number of anilines is 2. The lowest BCUT2D eigenvalue weighted by Crippen LogP contribution is -2.35. The summed E-state index contributed by atoms with van der Waals surface area (Å²) in [6.07, 6.45) is 0.453. The van der Waals surface area contributed by atoms with Gasteiger partial charge in [0.15, 0.2) is 5.78 Å². The second kappa shape index (κ2) is 8.46. The van der Waals surface area contributed by atoms with Crippen LogP contribution in [0.4, 0.5) is 11.4 Å². The molecule has 3 aromatic carbocycles. The van der Waals surface area contributed by atoms with E-state index < -0.39 is 0 Å². The summed E-state index contributed by atoms with van der Waals surface area (Å²) in [6.45, 7) is 0.561. The second-order valence-corrected chi connectivity index (χ2v) is 7.14. The third-order valence-electron chi connectivity index (χ3n) is 4.80. The molecule has 1 fully saturated rings. The number of hydrogen-bond acceptors (Lipinski definition) is 4. The Kier molecular flexibility index (Phi) is 5.60. The van der Waals surface area contributed by atoms with Gasteiger partial charge >= 0.3 is 0 Å². The number of hydrogen-bond donors (Lipinski definition) is 1. The van der Waals surface area contributed by atoms with Crippen molar-refractivity contribution in [2.24, 2.45) is 0 Å². The van der Waals surface area contributed by atoms with Crippen molar-refractivity contribution in [1.82, 2.24) is 0 Å². The van der Waals surface area contributed by atoms with Gasteiger partial charge in [0.1, 0.15) is 12.1 Å². The number of Topliss-reactive ketones (excluding diaryl/α,β-unsaturated/α-hetero) is 1. The van der Waals surface area contributed by atoms with Crippen LogP contribution < -0.4 is 10.4 Å². The van der Waals surface area contributed by atoms with Crippen LogP contribution in [0, 0.1) is 0 Å². The van der Waals surface area contributed by atoms with E-state index in [1.807, 2.05) is 84.9 Å². The molecule has 0 aliphatic carbocycles. The van der Waals surface area contributed by atoms with Crippen LogP contribution in [0.1, 0.15) is 16.8 Å². The van der Waals surface area contributed by atoms with E-state index in [0.29, 0.717) is 23.6 Å². The first-order valence-electron chi connectivity index (χ1n) is 9.31. The van der Waals surface area contributed by atoms with Crippen molar-refractivity contribution >= 4 is 28.8 Å². The lowest BCUT2D eigenvalue weighted by molar-refractivity contribution is 0.0820. The van der Waals surface area contributed by atoms with Crippen LogP contribution in [0.25, 0.3) is 0 Å². The van der Waals surface area contributed by atoms with Gasteiger partial charge in [-0.2, -0.15) is 0 Å². The monoisotopic (exact) mass is 392 g/mol. The van der Waals surface area contributed by atoms with Gasteiger partial charge in [-0.1, -0.05) is 72.3 Å². The summed E-state index contributed by atoms with van der Waals surface area (Å²) in [7, 11) is 0. The highest BCUT2D eigenvalue weighted by Crippen LogP contribution is 2.30. The van der Waals surface area contributed by atoms with Gasteiger partial charge in [-0.3, -0.25) is 9.63 Å². The molecule has 1 N–H and O–H groups in total. The number of hydroxylamine groups is 1. The van der Waals surface area contributed by atoms with Crippen molar-refractivity contribution in [2.45, 2.75) is 18.6 Å². The minimum atomic E-state index is -0.372. The number of nitrogens with one attached hydrogen (secondary N) is 1. The highest BCUT2D eigenvalue weighted by atomic mass is 35.5. The molecule has 4 nitrogen and oxygen atoms in total. The number of ketones is 1. The topological polar surface area (TPSA) is 41.6 Å². The van der Waals surface area contributed by atoms with Crippen molar-refractivity contribution in [3.63, 3.8) is 0 Å². The highest BCUT2D eigenvalue weighted by Gasteiger charge is 2.38. The molecule has 2 unspecified atom stereocenters. The molecular formula is C23H21ClN2O2. The zero-order valence-electron chi connectivity index (χ0n) is 15.3. The van der Waals surface area contributed by atoms with E-state index in [2.05, 4.69) is 5.32 Å². The van der Waals surface area contributed by atoms with E-state index in [4.69, 9.17) is 16.4 Å². The summed E-state index contributed by atoms with van der Waals surface area (Å²) in [5.41, 5.74) is 2.42. The number of carbonyl (C=O) groups excluding carboxylic acids is 1. The van der Waals surface area contributed by atoms with E-state index in [1.165, 1.54) is 0 Å². The molecule has 5 heteroatoms. The van der Waals surface area contributed by atoms with Gasteiger partial charge in [0, 0.05) is 18.5 Å². The molecule has 28 heavy (non-hydrogen) atoms. The summed E-state index contributed by atoms with van der Waals surface area (Å²) in [6, 6.07) is 26.3. The van der Waals surface area contributed by atoms with Crippen LogP contribution in [0.2, 0.25) is 5.02 Å². The van der Waals surface area contributed by atoms with E-state index in [-0.39, 0.29) is 17.9 Å². The third kappa shape index (κ3) is 4.03. The van der Waals surface area contributed by atoms with Crippen molar-refractivity contribution in [3.8, 4) is 0 Å². The summed E-state index contributed by atoms with van der Waals surface area (Å²) in [5.74, 6) is 0.0599. The van der Waals surface area contributed by atoms with Crippen molar-refractivity contribution < 1.29 is 9.63 Å². The quantitative estimate of drug-likeness (QED) is 0.584. The Labute approximate surface area is 169 Å². The summed E-state index contributed by atoms with van der Waals surface area (Å²) >= 11 is 6.23. The van der Waals surface area contributed by atoms with Gasteiger partial charge in [-0.05, 0) is 24.3 Å². The number of nitrogens with zero attached hydrogens (tertiary/aromatic N) is 1. The number of para-hydroxylation sites is 2. The Morgan fingerprint density at radius 2 is 1.61 bits per heavy atom. The molecule has 1 aliphatic heterocycles. The van der Waals surface area contributed by atoms with E-state index >= 15 is 0 Å². The van der Waals surface area contributed by atoms with Crippen molar-refractivity contribution in [2.75, 3.05) is 16.9 Å². The summed E-state index contributed by atoms with van der Waals surface area (Å²) in [5, 5.41) is 5.74. The predicted octanol–water partition coefficient (Wildman–Crippen LogP) is 5.21. The van der Waals surface area contributed by atoms with Gasteiger partial charge in [0.05, 0.1) is 16.4 Å². The lowest BCUT2D eigenvalue weighted by atomic mass is 9.99. The smallest absolute Gasteiger partial charge is 0.187 e. The maximum absolute atomic E-state index is 13.1. The van der Waals surface area contributed by atoms with Gasteiger partial charge in [-0.15, -0.1) is 0 Å². The molecule has 142 valence electrons. The predicted molar refractivity (Wildman–Crippen MR) is 113 cm³/mol. The van der Waals surface area contributed by atoms with Crippen LogP contribution >= 0.6 is 11.6 Å². The molecule has 4 rings (SSSR count). The molecule has 0 radical (unpaired) electrons. The Bertz CT molecular complexity index is 934. The number of benzene rings is 3. The summed E-state index contributed by atoms with van der Waals surface area (Å²) in [4.78, 5) is 19.3. The minimum absolute atomic E-state index is 0.0599. The average molecular weight is 393 g/mol. The zero-order chi connectivity index (χ0) is 19.3. The lowest BCUT2D eigenvalue weighted by Gasteiger charge is -2.24. The first-order valence-corrected chi connectivity index (χ1v) is 9.69. The van der Waals surface area contributed by atoms with Crippen LogP contribution in [-0.2, 0) is 4.84 Å². The molecule has 0 amide bonds. The van der Waals surface area contributed by atoms with E-state index in [9.17, 15) is 4.79 Å². The van der Waals surface area contributed by atoms with Crippen molar-refractivity contribution in [1.29, 1.82) is 0 Å². The van der Waals surface area contributed by atoms with Crippen LogP contribution in [-0.4, -0.2) is 24.5 Å². The third-order valence-corrected chi connectivity index (χ3v) is 5.13. The van der Waals surface area contributed by atoms with Crippen molar-refractivity contribution in [3.05, 3.63) is 95.5 Å². The van der Waals surface area contributed by atoms with Crippen LogP contribution in [0.15, 0.2) is 84.9 Å². The van der Waals surface area contributed by atoms with E-state index in [1.54, 1.807) is 5.06 Å². The molecule has 0 spiro atoms. The fraction of sp³-hybridized carbons (Fsp3) is 0.174. The Morgan fingerprint density at radius 3 is 2.32 bits per heavy atom. The van der Waals surface area contributed by atoms with Gasteiger partial charge in [0.25, 0.3) is 0 Å². The summed E-state index contributed by atoms with van der Waals surface area (Å²) < 4.78 is 0. The van der Waals surface area contributed by atoms with E-state index in [0.717, 1.165) is 11.4 Å². The average Bonchev–Trinajstić information content (AvgIpc) is 3.18. The number of rotatable bonds is 6. The maximum Gasteiger partial charge on any atom is 0.187 e. The highest BCUT2D eigenvalue weighted by molar-refractivity contribution is 6.33. The Hall–Kier alpha value is -2.82. The molecule has 1 saturated heterocycles. The Balaban J connectivity index is 1.53. The Morgan fingerprint density at radius 1 is 0.964 bits per heavy atom. The minimum Gasteiger partial charge on any atom is -0.381 e. The van der Waals surface area contributed by atoms with Gasteiger partial charge < -0.3 is 5.32 Å². The fourth-order valence-corrected chi connectivity index (χ4v) is 3.60. The molecule has 0 aromatic heterocycles. The molecule has 0 bridgehead atoms. The molecule has 2 atom stereocenters. The van der Waals surface area contributed by atoms with Gasteiger partial charge in [0.2, 0.25) is 0 Å². The molecule has 0 saturated carbocycles. The number of halogens is 1. The van der Waals surface area contributed by atoms with Crippen LogP contribution in [0.3, 0.4) is 0 Å². The molecular weight excluding hydrogens is 372 g/mol. The standard InChI is InChI=1S/C23H21ClN2O2/c24-20-13-7-8-14-21(20)25-16-19-15-22(23(27)17-9-3-1-4-10-17)26(28-19)18-11-5-2-6-12-18/h1-14,19,22,25H,15-16H2. The molecule has 1 aliphatic rings. The maximum atomic E-state index is 13.1. The SMILES string of the molecule is O=C(c1ccccc1)C1CC(CNc2ccccc2Cl)ON1c1ccccc1. The largest absolute Gasteiger partial charge is 0.381 e. The van der Waals surface area contributed by atoms with Gasteiger partial charge in [-0.25, -0.2) is 5.06 Å². The molecule has 1 heterocycles. The first kappa shape index (κ1) is 18.5. The first-order chi connectivity index (χ1) is 13.7. The fourth-order valence-electron chi connectivity index (χ4n) is 3.39. The molecule has 3 aromatic rings.